The maximum atomic E-state index is 13.9. The first kappa shape index (κ1) is 27.8. The van der Waals surface area contributed by atoms with Gasteiger partial charge < -0.3 is 13.9 Å². The second-order valence-electron chi connectivity index (χ2n) is 9.17. The summed E-state index contributed by atoms with van der Waals surface area (Å²) in [7, 11) is 1.55. The van der Waals surface area contributed by atoms with Gasteiger partial charge in [-0.3, -0.25) is 19.5 Å². The Balaban J connectivity index is 1.68. The smallest absolute Gasteiger partial charge is 0.338 e. The number of carbonyl (C=O) groups is 1. The third-order valence-electron chi connectivity index (χ3n) is 6.57. The van der Waals surface area contributed by atoms with Crippen molar-refractivity contribution in [3.8, 4) is 17.1 Å². The number of rotatable bonds is 9. The normalized spacial score (nSPS) is 14.9. The number of allylic oxidation sites excluding steroid dienone is 1. The summed E-state index contributed by atoms with van der Waals surface area (Å²) in [5, 5.41) is 11.5. The number of hydrogen-bond donors (Lipinski definition) is 0. The zero-order valence-electron chi connectivity index (χ0n) is 22.7. The first-order chi connectivity index (χ1) is 19.9. The predicted molar refractivity (Wildman–Crippen MR) is 153 cm³/mol. The van der Waals surface area contributed by atoms with Crippen molar-refractivity contribution < 1.29 is 23.6 Å². The molecule has 0 radical (unpaired) electrons. The Morgan fingerprint density at radius 2 is 1.98 bits per heavy atom. The summed E-state index contributed by atoms with van der Waals surface area (Å²) < 4.78 is 18.6. The summed E-state index contributed by atoms with van der Waals surface area (Å²) in [5.41, 5.74) is 1.46. The lowest BCUT2D eigenvalue weighted by atomic mass is 9.94. The molecule has 1 aliphatic heterocycles. The second-order valence-corrected chi connectivity index (χ2v) is 10.2. The first-order valence-electron chi connectivity index (χ1n) is 13.1. The fourth-order valence-electron chi connectivity index (χ4n) is 4.79. The van der Waals surface area contributed by atoms with E-state index < -0.39 is 16.9 Å². The summed E-state index contributed by atoms with van der Waals surface area (Å²) in [5.74, 6) is 0.710. The van der Waals surface area contributed by atoms with Gasteiger partial charge in [-0.1, -0.05) is 48.9 Å². The van der Waals surface area contributed by atoms with Crippen LogP contribution in [0.3, 0.4) is 0 Å². The highest BCUT2D eigenvalue weighted by Crippen LogP contribution is 2.34. The summed E-state index contributed by atoms with van der Waals surface area (Å²) in [6.45, 7) is 3.90. The van der Waals surface area contributed by atoms with Gasteiger partial charge in [0.15, 0.2) is 4.80 Å². The van der Waals surface area contributed by atoms with Crippen LogP contribution in [0, 0.1) is 10.1 Å². The van der Waals surface area contributed by atoms with Crippen LogP contribution in [0.2, 0.25) is 0 Å². The molecule has 0 amide bonds. The van der Waals surface area contributed by atoms with Crippen LogP contribution < -0.4 is 19.6 Å². The molecule has 3 heterocycles. The molecule has 5 rings (SSSR count). The molecule has 1 atom stereocenters. The van der Waals surface area contributed by atoms with Crippen molar-refractivity contribution in [3.63, 3.8) is 0 Å². The number of para-hydroxylation sites is 1. The molecule has 0 fully saturated rings. The van der Waals surface area contributed by atoms with E-state index in [9.17, 15) is 19.7 Å². The predicted octanol–water partition coefficient (Wildman–Crippen LogP) is 4.76. The van der Waals surface area contributed by atoms with E-state index >= 15 is 0 Å². The first-order valence-corrected chi connectivity index (χ1v) is 13.9. The van der Waals surface area contributed by atoms with E-state index in [1.54, 1.807) is 68.6 Å². The van der Waals surface area contributed by atoms with Gasteiger partial charge in [0.25, 0.3) is 11.2 Å². The summed E-state index contributed by atoms with van der Waals surface area (Å²) in [6, 6.07) is 16.0. The number of ether oxygens (including phenoxy) is 2. The Morgan fingerprint density at radius 3 is 2.71 bits per heavy atom. The van der Waals surface area contributed by atoms with Gasteiger partial charge in [-0.2, -0.15) is 0 Å². The van der Waals surface area contributed by atoms with Gasteiger partial charge in [0.1, 0.15) is 17.3 Å². The minimum atomic E-state index is -0.775. The Morgan fingerprint density at radius 1 is 1.17 bits per heavy atom. The van der Waals surface area contributed by atoms with Gasteiger partial charge >= 0.3 is 5.97 Å². The number of aromatic nitrogens is 1. The minimum absolute atomic E-state index is 0.0824. The van der Waals surface area contributed by atoms with Crippen LogP contribution in [0.15, 0.2) is 86.1 Å². The van der Waals surface area contributed by atoms with E-state index in [4.69, 9.17) is 18.9 Å². The van der Waals surface area contributed by atoms with Crippen LogP contribution in [-0.4, -0.2) is 29.2 Å². The number of nitrogens with zero attached hydrogens (tertiary/aromatic N) is 3. The van der Waals surface area contributed by atoms with Gasteiger partial charge in [-0.15, -0.1) is 0 Å². The Hall–Kier alpha value is -4.77. The van der Waals surface area contributed by atoms with Gasteiger partial charge in [0, 0.05) is 12.1 Å². The summed E-state index contributed by atoms with van der Waals surface area (Å²) >= 11 is 1.18. The van der Waals surface area contributed by atoms with E-state index in [2.05, 4.69) is 0 Å². The second kappa shape index (κ2) is 11.8. The standard InChI is InChI=1S/C30H27N3O7S/c1-4-9-22-26(29(35)39-5-2)27(18-10-8-11-19(16-18)38-3)32-28(34)25(41-30(32)31-22)17-20-14-15-24(40-20)21-12-6-7-13-23(21)33(36)37/h6-8,10-17,27H,4-5,9H2,1-3H3/b25-17-. The molecule has 1 aliphatic rings. The maximum absolute atomic E-state index is 13.9. The molecular formula is C30H27N3O7S. The molecule has 210 valence electrons. The number of esters is 1. The van der Waals surface area contributed by atoms with Crippen molar-refractivity contribution in [2.45, 2.75) is 32.7 Å². The van der Waals surface area contributed by atoms with Crippen molar-refractivity contribution >= 4 is 29.1 Å². The topological polar surface area (TPSA) is 126 Å². The molecular weight excluding hydrogens is 546 g/mol. The van der Waals surface area contributed by atoms with Gasteiger partial charge in [0.2, 0.25) is 0 Å². The molecule has 1 unspecified atom stereocenters. The number of fused-ring (bicyclic) bond motifs is 1. The van der Waals surface area contributed by atoms with Crippen molar-refractivity contribution in [1.82, 2.24) is 4.57 Å². The van der Waals surface area contributed by atoms with Crippen LogP contribution >= 0.6 is 11.3 Å². The van der Waals surface area contributed by atoms with Crippen LogP contribution in [0.5, 0.6) is 5.75 Å². The minimum Gasteiger partial charge on any atom is -0.497 e. The zero-order chi connectivity index (χ0) is 29.1. The highest BCUT2D eigenvalue weighted by atomic mass is 32.1. The van der Waals surface area contributed by atoms with Crippen LogP contribution in [0.4, 0.5) is 5.69 Å². The molecule has 0 spiro atoms. The van der Waals surface area contributed by atoms with E-state index in [0.717, 1.165) is 6.42 Å². The number of methoxy groups -OCH3 is 1. The number of benzene rings is 2. The quantitative estimate of drug-likeness (QED) is 0.161. The molecule has 0 saturated carbocycles. The summed E-state index contributed by atoms with van der Waals surface area (Å²) in [6.07, 6.45) is 2.84. The number of furan rings is 1. The highest BCUT2D eigenvalue weighted by molar-refractivity contribution is 7.07. The molecule has 0 N–H and O–H groups in total. The molecule has 41 heavy (non-hydrogen) atoms. The average molecular weight is 574 g/mol. The van der Waals surface area contributed by atoms with E-state index in [-0.39, 0.29) is 17.9 Å². The third-order valence-corrected chi connectivity index (χ3v) is 7.55. The monoisotopic (exact) mass is 573 g/mol. The van der Waals surface area contributed by atoms with Crippen molar-refractivity contribution in [3.05, 3.63) is 113 Å². The van der Waals surface area contributed by atoms with Gasteiger partial charge in [-0.05, 0) is 49.2 Å². The number of hydrogen-bond acceptors (Lipinski definition) is 9. The molecule has 2 aromatic heterocycles. The lowest BCUT2D eigenvalue weighted by Crippen LogP contribution is -2.40. The number of nitro benzene ring substituents is 1. The lowest BCUT2D eigenvalue weighted by Gasteiger charge is -2.26. The van der Waals surface area contributed by atoms with Crippen LogP contribution in [0.25, 0.3) is 17.4 Å². The molecule has 2 aromatic carbocycles. The number of thiazole rings is 1. The van der Waals surface area contributed by atoms with E-state index in [0.29, 0.717) is 55.4 Å². The SMILES string of the molecule is CCCC1=C(C(=O)OCC)C(c2cccc(OC)c2)n2c(s/c(=C\c3ccc(-c4ccccc4[N+](=O)[O-])o3)c2=O)=N1. The average Bonchev–Trinajstić information content (AvgIpc) is 3.56. The lowest BCUT2D eigenvalue weighted by molar-refractivity contribution is -0.384. The number of nitro groups is 1. The van der Waals surface area contributed by atoms with Crippen LogP contribution in [0.1, 0.15) is 44.1 Å². The highest BCUT2D eigenvalue weighted by Gasteiger charge is 2.34. The molecule has 0 bridgehead atoms. The van der Waals surface area contributed by atoms with Gasteiger partial charge in [0.05, 0.1) is 46.0 Å². The van der Waals surface area contributed by atoms with E-state index in [1.807, 2.05) is 13.0 Å². The molecule has 10 nitrogen and oxygen atoms in total. The van der Waals surface area contributed by atoms with Gasteiger partial charge in [-0.25, -0.2) is 9.79 Å². The largest absolute Gasteiger partial charge is 0.497 e. The Kier molecular flexibility index (Phi) is 7.97. The molecule has 0 aliphatic carbocycles. The molecule has 11 heteroatoms. The fourth-order valence-corrected chi connectivity index (χ4v) is 5.79. The molecule has 0 saturated heterocycles. The number of carbonyl (C=O) groups excluding carboxylic acids is 1. The molecule has 4 aromatic rings. The van der Waals surface area contributed by atoms with Crippen LogP contribution in [-0.2, 0) is 9.53 Å². The zero-order valence-corrected chi connectivity index (χ0v) is 23.5. The van der Waals surface area contributed by atoms with Crippen molar-refractivity contribution in [1.29, 1.82) is 0 Å². The third kappa shape index (κ3) is 5.36. The fraction of sp³-hybridized carbons (Fsp3) is 0.233. The Bertz CT molecular complexity index is 1850. The van der Waals surface area contributed by atoms with E-state index in [1.165, 1.54) is 22.0 Å². The maximum Gasteiger partial charge on any atom is 0.338 e. The van der Waals surface area contributed by atoms with Crippen molar-refractivity contribution in [2.75, 3.05) is 13.7 Å². The van der Waals surface area contributed by atoms with Crippen molar-refractivity contribution in [2.24, 2.45) is 4.99 Å². The summed E-state index contributed by atoms with van der Waals surface area (Å²) in [4.78, 5) is 43.4. The Labute approximate surface area is 238 Å².